The SMILES string of the molecule is CCCCOc1cccc(/C(O)=C2\C(=O)C(=O)N(CCCn3ccnc3)C2c2ccc(OCC)c(OC)c2)c1. The number of nitrogens with zero attached hydrogens (tertiary/aromatic N) is 3. The largest absolute Gasteiger partial charge is 0.507 e. The molecule has 1 aromatic heterocycles. The highest BCUT2D eigenvalue weighted by Crippen LogP contribution is 2.42. The van der Waals surface area contributed by atoms with E-state index in [2.05, 4.69) is 11.9 Å². The van der Waals surface area contributed by atoms with Crippen LogP contribution in [0.3, 0.4) is 0 Å². The van der Waals surface area contributed by atoms with Crippen LogP contribution in [0.5, 0.6) is 17.2 Å². The Morgan fingerprint density at radius 1 is 1.03 bits per heavy atom. The number of unbranched alkanes of at least 4 members (excludes halogenated alkanes) is 1. The second kappa shape index (κ2) is 13.0. The van der Waals surface area contributed by atoms with Crippen molar-refractivity contribution in [2.75, 3.05) is 26.9 Å². The van der Waals surface area contributed by atoms with Gasteiger partial charge in [0.05, 0.1) is 38.3 Å². The summed E-state index contributed by atoms with van der Waals surface area (Å²) in [6, 6.07) is 11.4. The van der Waals surface area contributed by atoms with Crippen LogP contribution in [0, 0.1) is 0 Å². The van der Waals surface area contributed by atoms with Crippen LogP contribution in [0.1, 0.15) is 50.3 Å². The van der Waals surface area contributed by atoms with Gasteiger partial charge in [-0.15, -0.1) is 0 Å². The van der Waals surface area contributed by atoms with Crippen molar-refractivity contribution in [1.29, 1.82) is 0 Å². The molecule has 1 amide bonds. The number of aliphatic hydroxyl groups excluding tert-OH is 1. The molecule has 0 saturated carbocycles. The van der Waals surface area contributed by atoms with Gasteiger partial charge in [0.2, 0.25) is 0 Å². The molecular weight excluding hydrogens is 498 g/mol. The van der Waals surface area contributed by atoms with E-state index in [4.69, 9.17) is 14.2 Å². The minimum Gasteiger partial charge on any atom is -0.507 e. The molecule has 1 unspecified atom stereocenters. The molecule has 9 nitrogen and oxygen atoms in total. The van der Waals surface area contributed by atoms with E-state index in [-0.39, 0.29) is 11.3 Å². The van der Waals surface area contributed by atoms with Crippen LogP contribution in [-0.4, -0.2) is 58.1 Å². The van der Waals surface area contributed by atoms with Gasteiger partial charge in [-0.3, -0.25) is 9.59 Å². The Balaban J connectivity index is 1.74. The highest BCUT2D eigenvalue weighted by atomic mass is 16.5. The van der Waals surface area contributed by atoms with Crippen molar-refractivity contribution in [2.45, 2.75) is 45.7 Å². The Hall–Kier alpha value is -4.27. The summed E-state index contributed by atoms with van der Waals surface area (Å²) in [5.74, 6) is -0.0197. The number of carbonyl (C=O) groups is 2. The first-order chi connectivity index (χ1) is 19.0. The number of benzene rings is 2. The molecule has 3 aromatic rings. The van der Waals surface area contributed by atoms with Gasteiger partial charge in [0.1, 0.15) is 11.5 Å². The number of likely N-dealkylation sites (tertiary alicyclic amines) is 1. The summed E-state index contributed by atoms with van der Waals surface area (Å²) in [7, 11) is 1.54. The average Bonchev–Trinajstić information content (AvgIpc) is 3.56. The fraction of sp³-hybridized carbons (Fsp3) is 0.367. The average molecular weight is 534 g/mol. The maximum atomic E-state index is 13.4. The minimum absolute atomic E-state index is 0.0274. The number of imidazole rings is 1. The molecule has 2 heterocycles. The molecule has 2 aromatic carbocycles. The monoisotopic (exact) mass is 533 g/mol. The molecule has 4 rings (SSSR count). The molecule has 1 N–H and O–H groups in total. The van der Waals surface area contributed by atoms with E-state index in [1.807, 2.05) is 17.7 Å². The fourth-order valence-corrected chi connectivity index (χ4v) is 4.65. The molecule has 39 heavy (non-hydrogen) atoms. The van der Waals surface area contributed by atoms with Crippen molar-refractivity contribution >= 4 is 17.4 Å². The number of ether oxygens (including phenoxy) is 3. The van der Waals surface area contributed by atoms with Crippen LogP contribution in [0.4, 0.5) is 0 Å². The van der Waals surface area contributed by atoms with Crippen LogP contribution < -0.4 is 14.2 Å². The van der Waals surface area contributed by atoms with Gasteiger partial charge in [0.25, 0.3) is 11.7 Å². The van der Waals surface area contributed by atoms with Crippen LogP contribution in [0.15, 0.2) is 66.8 Å². The zero-order valence-electron chi connectivity index (χ0n) is 22.6. The zero-order valence-corrected chi connectivity index (χ0v) is 22.6. The van der Waals surface area contributed by atoms with Crippen molar-refractivity contribution < 1.29 is 28.9 Å². The maximum absolute atomic E-state index is 13.4. The summed E-state index contributed by atoms with van der Waals surface area (Å²) in [5, 5.41) is 11.5. The van der Waals surface area contributed by atoms with Crippen LogP contribution in [0.2, 0.25) is 0 Å². The standard InChI is InChI=1S/C30H35N3O6/c1-4-6-17-39-23-10-7-9-22(18-23)28(34)26-27(21-11-12-24(38-5-2)25(19-21)37-3)33(30(36)29(26)35)15-8-14-32-16-13-31-20-32/h7,9-13,16,18-20,27,34H,4-6,8,14-15,17H2,1-3H3/b28-26+. The maximum Gasteiger partial charge on any atom is 0.295 e. The first kappa shape index (κ1) is 27.8. The summed E-state index contributed by atoms with van der Waals surface area (Å²) in [6.45, 7) is 5.89. The lowest BCUT2D eigenvalue weighted by molar-refractivity contribution is -0.139. The van der Waals surface area contributed by atoms with Gasteiger partial charge in [-0.05, 0) is 49.6 Å². The molecule has 206 valence electrons. The first-order valence-corrected chi connectivity index (χ1v) is 13.3. The number of ketones is 1. The van der Waals surface area contributed by atoms with Gasteiger partial charge < -0.3 is 28.8 Å². The van der Waals surface area contributed by atoms with E-state index in [9.17, 15) is 14.7 Å². The third-order valence-electron chi connectivity index (χ3n) is 6.59. The zero-order chi connectivity index (χ0) is 27.8. The van der Waals surface area contributed by atoms with Gasteiger partial charge in [0, 0.05) is 31.0 Å². The fourth-order valence-electron chi connectivity index (χ4n) is 4.65. The predicted octanol–water partition coefficient (Wildman–Crippen LogP) is 4.98. The molecule has 1 saturated heterocycles. The van der Waals surface area contributed by atoms with E-state index in [1.54, 1.807) is 55.0 Å². The van der Waals surface area contributed by atoms with Gasteiger partial charge in [-0.25, -0.2) is 4.98 Å². The second-order valence-electron chi connectivity index (χ2n) is 9.22. The molecule has 1 atom stereocenters. The number of aliphatic hydroxyl groups is 1. The number of amides is 1. The Bertz CT molecular complexity index is 1320. The van der Waals surface area contributed by atoms with Crippen molar-refractivity contribution in [3.8, 4) is 17.2 Å². The lowest BCUT2D eigenvalue weighted by Crippen LogP contribution is -2.31. The van der Waals surface area contributed by atoms with Crippen LogP contribution in [0.25, 0.3) is 5.76 Å². The second-order valence-corrected chi connectivity index (χ2v) is 9.22. The molecule has 0 radical (unpaired) electrons. The number of methoxy groups -OCH3 is 1. The molecule has 1 aliphatic rings. The van der Waals surface area contributed by atoms with E-state index >= 15 is 0 Å². The summed E-state index contributed by atoms with van der Waals surface area (Å²) < 4.78 is 18.9. The quantitative estimate of drug-likeness (QED) is 0.143. The summed E-state index contributed by atoms with van der Waals surface area (Å²) >= 11 is 0. The number of rotatable bonds is 13. The van der Waals surface area contributed by atoms with Crippen molar-refractivity contribution in [3.63, 3.8) is 0 Å². The summed E-state index contributed by atoms with van der Waals surface area (Å²) in [6.07, 6.45) is 7.74. The highest BCUT2D eigenvalue weighted by Gasteiger charge is 2.46. The van der Waals surface area contributed by atoms with Crippen LogP contribution in [-0.2, 0) is 16.1 Å². The predicted molar refractivity (Wildman–Crippen MR) is 147 cm³/mol. The molecule has 1 aliphatic heterocycles. The Morgan fingerprint density at radius 3 is 2.59 bits per heavy atom. The van der Waals surface area contributed by atoms with E-state index in [1.165, 1.54) is 12.0 Å². The normalized spacial score (nSPS) is 16.5. The van der Waals surface area contributed by atoms with Crippen molar-refractivity contribution in [1.82, 2.24) is 14.5 Å². The molecular formula is C30H35N3O6. The topological polar surface area (TPSA) is 103 Å². The molecule has 0 bridgehead atoms. The number of hydrogen-bond donors (Lipinski definition) is 1. The van der Waals surface area contributed by atoms with Gasteiger partial charge in [-0.2, -0.15) is 0 Å². The smallest absolute Gasteiger partial charge is 0.295 e. The Morgan fingerprint density at radius 2 is 1.87 bits per heavy atom. The van der Waals surface area contributed by atoms with Gasteiger partial charge in [0.15, 0.2) is 11.5 Å². The summed E-state index contributed by atoms with van der Waals surface area (Å²) in [4.78, 5) is 32.3. The van der Waals surface area contributed by atoms with E-state index in [0.29, 0.717) is 61.1 Å². The van der Waals surface area contributed by atoms with E-state index in [0.717, 1.165) is 12.8 Å². The number of aromatic nitrogens is 2. The Kier molecular flexibility index (Phi) is 9.25. The van der Waals surface area contributed by atoms with Crippen molar-refractivity contribution in [2.24, 2.45) is 0 Å². The Labute approximate surface area is 228 Å². The third-order valence-corrected chi connectivity index (χ3v) is 6.59. The minimum atomic E-state index is -0.804. The molecule has 0 aliphatic carbocycles. The lowest BCUT2D eigenvalue weighted by Gasteiger charge is -2.26. The summed E-state index contributed by atoms with van der Waals surface area (Å²) in [5.41, 5.74) is 1.07. The van der Waals surface area contributed by atoms with Crippen LogP contribution >= 0.6 is 0 Å². The third kappa shape index (κ3) is 6.25. The van der Waals surface area contributed by atoms with E-state index < -0.39 is 17.7 Å². The van der Waals surface area contributed by atoms with Crippen molar-refractivity contribution in [3.05, 3.63) is 77.9 Å². The van der Waals surface area contributed by atoms with Gasteiger partial charge >= 0.3 is 0 Å². The van der Waals surface area contributed by atoms with Gasteiger partial charge in [-0.1, -0.05) is 31.5 Å². The number of Topliss-reactive ketones (excluding diaryl/α,β-unsaturated/α-hetero) is 1. The molecule has 1 fully saturated rings. The number of hydrogen-bond acceptors (Lipinski definition) is 7. The first-order valence-electron chi connectivity index (χ1n) is 13.3. The number of carbonyl (C=O) groups excluding carboxylic acids is 2. The lowest BCUT2D eigenvalue weighted by atomic mass is 9.95. The molecule has 0 spiro atoms. The number of aryl methyl sites for hydroxylation is 1. The highest BCUT2D eigenvalue weighted by molar-refractivity contribution is 6.46. The molecule has 9 heteroatoms.